The fourth-order valence-electron chi connectivity index (χ4n) is 7.76. The van der Waals surface area contributed by atoms with Crippen molar-refractivity contribution < 1.29 is 23.5 Å². The van der Waals surface area contributed by atoms with E-state index < -0.39 is 5.82 Å². The number of aryl methyl sites for hydroxylation is 1. The highest BCUT2D eigenvalue weighted by Gasteiger charge is 2.45. The van der Waals surface area contributed by atoms with Gasteiger partial charge in [0.15, 0.2) is 0 Å². The monoisotopic (exact) mass is 757 g/mol. The number of rotatable bonds is 6. The van der Waals surface area contributed by atoms with E-state index in [2.05, 4.69) is 15.5 Å². The number of hydrogen-bond donors (Lipinski definition) is 2. The lowest BCUT2D eigenvalue weighted by Gasteiger charge is -2.53. The number of nitrogens with one attached hydrogen (secondary N) is 2. The molecular formula is C42H36FN5O4S2. The van der Waals surface area contributed by atoms with Gasteiger partial charge in [-0.3, -0.25) is 14.4 Å². The Balaban J connectivity index is 0.921. The number of halogens is 1. The molecule has 0 atom stereocenters. The van der Waals surface area contributed by atoms with Crippen LogP contribution in [0, 0.1) is 18.2 Å². The predicted octanol–water partition coefficient (Wildman–Crippen LogP) is 8.80. The number of fused-ring (bicyclic) bond motifs is 4. The van der Waals surface area contributed by atoms with E-state index in [0.717, 1.165) is 71.1 Å². The molecule has 3 amide bonds. The third-order valence-corrected chi connectivity index (χ3v) is 12.8. The van der Waals surface area contributed by atoms with Gasteiger partial charge in [0.2, 0.25) is 0 Å². The molecule has 0 unspecified atom stereocenters. The SMILES string of the molecule is Cc1cccc(F)c1NC(=O)c1cc2c(s1)-c1ccccc1N(C(=O)c1ccc(NC(=O)c3cc4sccc4nc3N3CC4(CCOCC4)C3)cc1)CC2. The average molecular weight is 758 g/mol. The van der Waals surface area contributed by atoms with Crippen molar-refractivity contribution in [1.29, 1.82) is 0 Å². The van der Waals surface area contributed by atoms with Gasteiger partial charge in [0.25, 0.3) is 17.7 Å². The molecule has 0 bridgehead atoms. The number of carbonyl (C=O) groups excluding carboxylic acids is 3. The van der Waals surface area contributed by atoms with E-state index in [-0.39, 0.29) is 28.8 Å². The first-order valence-electron chi connectivity index (χ1n) is 18.0. The molecule has 2 saturated heterocycles. The summed E-state index contributed by atoms with van der Waals surface area (Å²) in [6.07, 6.45) is 2.57. The lowest BCUT2D eigenvalue weighted by molar-refractivity contribution is -0.000491. The predicted molar refractivity (Wildman–Crippen MR) is 213 cm³/mol. The maximum absolute atomic E-state index is 14.5. The minimum Gasteiger partial charge on any atom is -0.381 e. The molecule has 272 valence electrons. The molecule has 0 saturated carbocycles. The molecule has 3 aliphatic rings. The topological polar surface area (TPSA) is 104 Å². The fraction of sp³-hybridized carbons (Fsp3) is 0.238. The van der Waals surface area contributed by atoms with Gasteiger partial charge in [0, 0.05) is 60.0 Å². The average Bonchev–Trinajstić information content (AvgIpc) is 3.79. The van der Waals surface area contributed by atoms with E-state index in [0.29, 0.717) is 46.0 Å². The van der Waals surface area contributed by atoms with Gasteiger partial charge >= 0.3 is 0 Å². The van der Waals surface area contributed by atoms with Gasteiger partial charge in [-0.15, -0.1) is 22.7 Å². The van der Waals surface area contributed by atoms with Crippen molar-refractivity contribution >= 4 is 73.5 Å². The first kappa shape index (κ1) is 34.3. The number of nitrogens with zero attached hydrogens (tertiary/aromatic N) is 3. The van der Waals surface area contributed by atoms with Crippen LogP contribution < -0.4 is 20.4 Å². The second-order valence-corrected chi connectivity index (χ2v) is 16.2. The van der Waals surface area contributed by atoms with Crippen LogP contribution in [-0.2, 0) is 11.2 Å². The number of ether oxygens (including phenoxy) is 1. The number of hydrogen-bond acceptors (Lipinski definition) is 8. The van der Waals surface area contributed by atoms with Crippen molar-refractivity contribution in [2.75, 3.05) is 53.3 Å². The van der Waals surface area contributed by atoms with Crippen LogP contribution in [0.3, 0.4) is 0 Å². The fourth-order valence-corrected chi connectivity index (χ4v) is 9.66. The standard InChI is InChI=1S/C42H36FN5O4S2/c1-25-5-4-7-31(43)36(25)46-40(50)35-21-27-13-17-48(33-8-3-2-6-29(33)37(27)54-35)41(51)26-9-11-28(12-10-26)44-39(49)30-22-34-32(14-20-53-34)45-38(30)47-23-42(24-47)15-18-52-19-16-42/h2-12,14,20-22H,13,15-19,23-24H2,1H3,(H,44,49)(H,46,50). The Morgan fingerprint density at radius 1 is 0.907 bits per heavy atom. The summed E-state index contributed by atoms with van der Waals surface area (Å²) in [5.41, 5.74) is 6.06. The molecule has 2 N–H and O–H groups in total. The highest BCUT2D eigenvalue weighted by Crippen LogP contribution is 2.44. The lowest BCUT2D eigenvalue weighted by Crippen LogP contribution is -2.59. The van der Waals surface area contributed by atoms with Crippen molar-refractivity contribution in [2.45, 2.75) is 26.2 Å². The Kier molecular flexibility index (Phi) is 8.76. The smallest absolute Gasteiger partial charge is 0.265 e. The Hall–Kier alpha value is -5.43. The summed E-state index contributed by atoms with van der Waals surface area (Å²) in [7, 11) is 0. The molecule has 1 spiro atoms. The van der Waals surface area contributed by atoms with Crippen LogP contribution in [0.5, 0.6) is 0 Å². The summed E-state index contributed by atoms with van der Waals surface area (Å²) in [6, 6.07) is 25.1. The number of thiophene rings is 2. The minimum absolute atomic E-state index is 0.169. The van der Waals surface area contributed by atoms with Crippen molar-refractivity contribution in [2.24, 2.45) is 5.41 Å². The minimum atomic E-state index is -0.482. The third-order valence-electron chi connectivity index (χ3n) is 10.7. The van der Waals surface area contributed by atoms with E-state index in [1.165, 1.54) is 17.4 Å². The molecule has 3 aromatic carbocycles. The molecule has 6 aromatic rings. The number of amides is 3. The Labute approximate surface area is 319 Å². The van der Waals surface area contributed by atoms with E-state index in [1.54, 1.807) is 59.6 Å². The van der Waals surface area contributed by atoms with Crippen LogP contribution in [0.15, 0.2) is 90.3 Å². The highest BCUT2D eigenvalue weighted by atomic mass is 32.1. The largest absolute Gasteiger partial charge is 0.381 e. The van der Waals surface area contributed by atoms with E-state index in [9.17, 15) is 18.8 Å². The maximum Gasteiger partial charge on any atom is 0.265 e. The molecule has 3 aliphatic heterocycles. The zero-order chi connectivity index (χ0) is 37.0. The lowest BCUT2D eigenvalue weighted by atomic mass is 9.73. The van der Waals surface area contributed by atoms with Crippen LogP contribution >= 0.6 is 22.7 Å². The van der Waals surface area contributed by atoms with Gasteiger partial charge in [-0.1, -0.05) is 30.3 Å². The molecule has 6 heterocycles. The maximum atomic E-state index is 14.5. The van der Waals surface area contributed by atoms with Crippen molar-refractivity contribution in [1.82, 2.24) is 4.98 Å². The molecule has 2 fully saturated rings. The van der Waals surface area contributed by atoms with E-state index in [4.69, 9.17) is 9.72 Å². The second-order valence-electron chi connectivity index (χ2n) is 14.2. The van der Waals surface area contributed by atoms with Crippen LogP contribution in [0.2, 0.25) is 0 Å². The molecule has 0 aliphatic carbocycles. The number of pyridine rings is 1. The quantitative estimate of drug-likeness (QED) is 0.176. The third kappa shape index (κ3) is 6.23. The first-order chi connectivity index (χ1) is 26.2. The summed E-state index contributed by atoms with van der Waals surface area (Å²) in [4.78, 5) is 51.4. The summed E-state index contributed by atoms with van der Waals surface area (Å²) in [5.74, 6) is -0.571. The molecule has 3 aromatic heterocycles. The molecule has 12 heteroatoms. The van der Waals surface area contributed by atoms with Gasteiger partial charge in [-0.2, -0.15) is 0 Å². The first-order valence-corrected chi connectivity index (χ1v) is 19.7. The van der Waals surface area contributed by atoms with Crippen LogP contribution in [-0.4, -0.2) is 55.6 Å². The summed E-state index contributed by atoms with van der Waals surface area (Å²) in [6.45, 7) is 5.41. The summed E-state index contributed by atoms with van der Waals surface area (Å²) < 4.78 is 21.0. The number of benzene rings is 3. The zero-order valence-corrected chi connectivity index (χ0v) is 31.1. The number of carbonyl (C=O) groups is 3. The summed E-state index contributed by atoms with van der Waals surface area (Å²) >= 11 is 2.89. The van der Waals surface area contributed by atoms with Crippen LogP contribution in [0.4, 0.5) is 27.3 Å². The van der Waals surface area contributed by atoms with Gasteiger partial charge in [-0.05, 0) is 97.3 Å². The number of para-hydroxylation sites is 2. The van der Waals surface area contributed by atoms with Gasteiger partial charge < -0.3 is 25.2 Å². The normalized spacial score (nSPS) is 16.0. The number of anilines is 4. The Morgan fingerprint density at radius 3 is 2.50 bits per heavy atom. The number of aromatic nitrogens is 1. The molecular weight excluding hydrogens is 722 g/mol. The molecule has 9 rings (SSSR count). The van der Waals surface area contributed by atoms with Crippen molar-refractivity contribution in [3.63, 3.8) is 0 Å². The van der Waals surface area contributed by atoms with E-state index in [1.807, 2.05) is 47.8 Å². The highest BCUT2D eigenvalue weighted by molar-refractivity contribution is 7.18. The Morgan fingerprint density at radius 2 is 1.70 bits per heavy atom. The van der Waals surface area contributed by atoms with Crippen molar-refractivity contribution in [3.8, 4) is 10.4 Å². The van der Waals surface area contributed by atoms with Crippen molar-refractivity contribution in [3.05, 3.63) is 123 Å². The molecule has 9 nitrogen and oxygen atoms in total. The van der Waals surface area contributed by atoms with Gasteiger partial charge in [0.1, 0.15) is 11.6 Å². The second kappa shape index (κ2) is 13.8. The molecule has 54 heavy (non-hydrogen) atoms. The van der Waals surface area contributed by atoms with Gasteiger partial charge in [0.05, 0.1) is 32.0 Å². The van der Waals surface area contributed by atoms with Gasteiger partial charge in [-0.25, -0.2) is 9.37 Å². The summed E-state index contributed by atoms with van der Waals surface area (Å²) in [5, 5.41) is 7.78. The van der Waals surface area contributed by atoms with E-state index >= 15 is 0 Å². The van der Waals surface area contributed by atoms with Crippen LogP contribution in [0.1, 0.15) is 54.4 Å². The van der Waals surface area contributed by atoms with Crippen LogP contribution in [0.25, 0.3) is 20.7 Å². The zero-order valence-electron chi connectivity index (χ0n) is 29.5. The molecule has 0 radical (unpaired) electrons. The Bertz CT molecular complexity index is 2420.